The van der Waals surface area contributed by atoms with Gasteiger partial charge in [0.25, 0.3) is 5.69 Å². The van der Waals surface area contributed by atoms with E-state index in [1.165, 1.54) is 33.6 Å². The van der Waals surface area contributed by atoms with E-state index in [1.54, 1.807) is 0 Å². The van der Waals surface area contributed by atoms with Gasteiger partial charge < -0.3 is 0 Å². The highest BCUT2D eigenvalue weighted by Gasteiger charge is 2.44. The average molecular weight is 398 g/mol. The molecule has 1 aliphatic carbocycles. The molecule has 0 saturated carbocycles. The Balaban J connectivity index is 1.66. The number of aromatic nitrogens is 3. The smallest absolute Gasteiger partial charge is 0.258 e. The van der Waals surface area contributed by atoms with E-state index < -0.39 is 28.4 Å². The minimum absolute atomic E-state index is 0.101. The van der Waals surface area contributed by atoms with Crippen molar-refractivity contribution < 1.29 is 4.92 Å². The van der Waals surface area contributed by atoms with E-state index in [2.05, 4.69) is 0 Å². The van der Waals surface area contributed by atoms with Crippen LogP contribution in [0.3, 0.4) is 0 Å². The lowest BCUT2D eigenvalue weighted by Gasteiger charge is -2.41. The molecule has 8 heteroatoms. The van der Waals surface area contributed by atoms with Crippen LogP contribution in [0.2, 0.25) is 0 Å². The van der Waals surface area contributed by atoms with Crippen LogP contribution < -0.4 is 11.4 Å². The Bertz CT molecular complexity index is 1350. The molecular formula is C22H14N4O4. The van der Waals surface area contributed by atoms with Gasteiger partial charge in [-0.25, -0.2) is 23.5 Å². The second kappa shape index (κ2) is 5.66. The lowest BCUT2D eigenvalue weighted by molar-refractivity contribution is -0.384. The molecule has 3 aromatic carbocycles. The summed E-state index contributed by atoms with van der Waals surface area (Å²) in [5.41, 5.74) is 3.29. The molecule has 0 atom stereocenters. The molecule has 0 fully saturated rings. The predicted molar refractivity (Wildman–Crippen MR) is 108 cm³/mol. The molecule has 0 unspecified atom stereocenters. The molecule has 3 heterocycles. The average Bonchev–Trinajstić information content (AvgIpc) is 3.04. The van der Waals surface area contributed by atoms with Gasteiger partial charge in [0.1, 0.15) is 12.1 Å². The summed E-state index contributed by atoms with van der Waals surface area (Å²) in [4.78, 5) is 37.3. The van der Waals surface area contributed by atoms with Crippen LogP contribution in [0.1, 0.15) is 34.3 Å². The zero-order valence-electron chi connectivity index (χ0n) is 15.5. The standard InChI is InChI=1S/C22H14N4O4/c27-21-23(13-9-11-14(12-10-13)26(29)30)22(28)25-20-16-6-2-1-5-15(16)19(24(21)25)17-7-3-4-8-18(17)20/h1-12,19-20H. The van der Waals surface area contributed by atoms with Crippen molar-refractivity contribution in [3.8, 4) is 5.69 Å². The molecule has 0 amide bonds. The van der Waals surface area contributed by atoms with Crippen LogP contribution >= 0.6 is 0 Å². The Kier molecular flexibility index (Phi) is 3.16. The van der Waals surface area contributed by atoms with Crippen molar-refractivity contribution in [1.82, 2.24) is 13.9 Å². The second-order valence-corrected chi connectivity index (χ2v) is 7.43. The topological polar surface area (TPSA) is 92.1 Å². The molecule has 2 bridgehead atoms. The lowest BCUT2D eigenvalue weighted by atomic mass is 9.78. The number of benzene rings is 3. The highest BCUT2D eigenvalue weighted by Crippen LogP contribution is 2.47. The molecule has 146 valence electrons. The summed E-state index contributed by atoms with van der Waals surface area (Å²) >= 11 is 0. The number of nitro groups is 1. The molecule has 0 radical (unpaired) electrons. The molecule has 0 saturated heterocycles. The molecule has 8 nitrogen and oxygen atoms in total. The van der Waals surface area contributed by atoms with Crippen LogP contribution in [0.4, 0.5) is 5.69 Å². The maximum Gasteiger partial charge on any atom is 0.352 e. The molecule has 0 N–H and O–H groups in total. The summed E-state index contributed by atoms with van der Waals surface area (Å²) in [6.45, 7) is 0. The summed E-state index contributed by atoms with van der Waals surface area (Å²) < 4.78 is 4.11. The highest BCUT2D eigenvalue weighted by molar-refractivity contribution is 5.54. The minimum Gasteiger partial charge on any atom is -0.258 e. The molecule has 3 aliphatic rings. The van der Waals surface area contributed by atoms with E-state index in [-0.39, 0.29) is 5.69 Å². The van der Waals surface area contributed by atoms with Crippen molar-refractivity contribution in [2.24, 2.45) is 0 Å². The van der Waals surface area contributed by atoms with Crippen LogP contribution in [0.15, 0.2) is 82.4 Å². The van der Waals surface area contributed by atoms with Crippen LogP contribution in [-0.4, -0.2) is 18.9 Å². The zero-order valence-corrected chi connectivity index (χ0v) is 15.5. The Hall–Kier alpha value is -4.20. The van der Waals surface area contributed by atoms with Gasteiger partial charge in [-0.05, 0) is 34.4 Å². The number of rotatable bonds is 2. The molecule has 7 rings (SSSR count). The molecule has 4 aromatic rings. The maximum atomic E-state index is 13.4. The lowest BCUT2D eigenvalue weighted by Crippen LogP contribution is -2.44. The third-order valence-corrected chi connectivity index (χ3v) is 5.98. The SMILES string of the molecule is O=c1n(-c2ccc([N+](=O)[O-])cc2)c(=O)n2n1C1c3ccccc3C2c2ccccc21. The van der Waals surface area contributed by atoms with Crippen molar-refractivity contribution in [2.45, 2.75) is 12.1 Å². The van der Waals surface area contributed by atoms with Gasteiger partial charge in [-0.1, -0.05) is 48.5 Å². The van der Waals surface area contributed by atoms with Crippen molar-refractivity contribution >= 4 is 5.69 Å². The van der Waals surface area contributed by atoms with E-state index in [0.29, 0.717) is 5.69 Å². The first kappa shape index (κ1) is 16.7. The third-order valence-electron chi connectivity index (χ3n) is 5.98. The van der Waals surface area contributed by atoms with Gasteiger partial charge in [0.15, 0.2) is 0 Å². The van der Waals surface area contributed by atoms with Gasteiger partial charge in [-0.3, -0.25) is 10.1 Å². The van der Waals surface area contributed by atoms with Crippen LogP contribution in [0.25, 0.3) is 5.69 Å². The fourth-order valence-corrected chi connectivity index (χ4v) is 4.76. The number of nitrogens with zero attached hydrogens (tertiary/aromatic N) is 4. The number of hydrogen-bond donors (Lipinski definition) is 0. The third kappa shape index (κ3) is 1.94. The predicted octanol–water partition coefficient (Wildman–Crippen LogP) is 2.61. The van der Waals surface area contributed by atoms with Gasteiger partial charge in [0.2, 0.25) is 0 Å². The largest absolute Gasteiger partial charge is 0.352 e. The van der Waals surface area contributed by atoms with E-state index in [4.69, 9.17) is 0 Å². The Morgan fingerprint density at radius 1 is 0.667 bits per heavy atom. The fourth-order valence-electron chi connectivity index (χ4n) is 4.76. The fraction of sp³-hybridized carbons (Fsp3) is 0.0909. The van der Waals surface area contributed by atoms with Gasteiger partial charge in [0, 0.05) is 12.1 Å². The van der Waals surface area contributed by atoms with E-state index in [1.807, 2.05) is 48.5 Å². The molecule has 30 heavy (non-hydrogen) atoms. The van der Waals surface area contributed by atoms with Gasteiger partial charge >= 0.3 is 11.4 Å². The number of nitro benzene ring substituents is 1. The first-order chi connectivity index (χ1) is 14.6. The number of non-ortho nitro benzene ring substituents is 1. The highest BCUT2D eigenvalue weighted by atomic mass is 16.6. The summed E-state index contributed by atoms with van der Waals surface area (Å²) in [7, 11) is 0. The summed E-state index contributed by atoms with van der Waals surface area (Å²) in [6, 6.07) is 20.3. The maximum absolute atomic E-state index is 13.4. The quantitative estimate of drug-likeness (QED) is 0.331. The Morgan fingerprint density at radius 2 is 1.07 bits per heavy atom. The molecule has 0 spiro atoms. The molecule has 2 aliphatic heterocycles. The number of hydrogen-bond acceptors (Lipinski definition) is 4. The van der Waals surface area contributed by atoms with Gasteiger partial charge in [-0.15, -0.1) is 0 Å². The Morgan fingerprint density at radius 3 is 1.43 bits per heavy atom. The van der Waals surface area contributed by atoms with E-state index in [9.17, 15) is 19.7 Å². The summed E-state index contributed by atoms with van der Waals surface area (Å²) in [5.74, 6) is 0. The minimum atomic E-state index is -0.516. The van der Waals surface area contributed by atoms with E-state index >= 15 is 0 Å². The summed E-state index contributed by atoms with van der Waals surface area (Å²) in [5, 5.41) is 11.0. The van der Waals surface area contributed by atoms with Gasteiger partial charge in [0.05, 0.1) is 10.6 Å². The van der Waals surface area contributed by atoms with Crippen LogP contribution in [0.5, 0.6) is 0 Å². The Labute approximate surface area is 169 Å². The van der Waals surface area contributed by atoms with Crippen LogP contribution in [-0.2, 0) is 0 Å². The first-order valence-corrected chi connectivity index (χ1v) is 9.46. The van der Waals surface area contributed by atoms with Crippen LogP contribution in [0, 0.1) is 10.1 Å². The summed E-state index contributed by atoms with van der Waals surface area (Å²) in [6.07, 6.45) is 0. The molecule has 1 aromatic heterocycles. The van der Waals surface area contributed by atoms with Crippen molar-refractivity contribution in [3.63, 3.8) is 0 Å². The zero-order chi connectivity index (χ0) is 20.6. The van der Waals surface area contributed by atoms with Gasteiger partial charge in [-0.2, -0.15) is 0 Å². The second-order valence-electron chi connectivity index (χ2n) is 7.43. The van der Waals surface area contributed by atoms with E-state index in [0.717, 1.165) is 26.8 Å². The van der Waals surface area contributed by atoms with Crippen molar-refractivity contribution in [2.75, 3.05) is 0 Å². The monoisotopic (exact) mass is 398 g/mol. The molecular weight excluding hydrogens is 384 g/mol. The van der Waals surface area contributed by atoms with Crippen molar-refractivity contribution in [1.29, 1.82) is 0 Å². The first-order valence-electron chi connectivity index (χ1n) is 9.46. The normalized spacial score (nSPS) is 17.9. The van der Waals surface area contributed by atoms with Crippen molar-refractivity contribution in [3.05, 3.63) is 126 Å².